The number of Topliss-reactive ketones (excluding diaryl/α,β-unsaturated/α-hetero) is 1. The summed E-state index contributed by atoms with van der Waals surface area (Å²) in [6.07, 6.45) is -2.22. The van der Waals surface area contributed by atoms with Gasteiger partial charge in [0.2, 0.25) is 0 Å². The smallest absolute Gasteiger partial charge is 0.435 e. The molecule has 0 radical (unpaired) electrons. The Morgan fingerprint density at radius 1 is 1.18 bits per heavy atom. The number of hydrogen-bond acceptors (Lipinski definition) is 7. The van der Waals surface area contributed by atoms with E-state index in [4.69, 9.17) is 10.5 Å². The summed E-state index contributed by atoms with van der Waals surface area (Å²) in [6, 6.07) is 4.39. The molecule has 9 nitrogen and oxygen atoms in total. The van der Waals surface area contributed by atoms with Crippen molar-refractivity contribution in [3.8, 4) is 5.69 Å². The number of nitrogens with two attached hydrogens (primary N) is 1. The Labute approximate surface area is 218 Å². The normalized spacial score (nSPS) is 21.1. The van der Waals surface area contributed by atoms with Gasteiger partial charge in [0.25, 0.3) is 5.91 Å². The van der Waals surface area contributed by atoms with E-state index in [0.717, 1.165) is 4.68 Å². The van der Waals surface area contributed by atoms with E-state index in [0.29, 0.717) is 31.4 Å². The number of rotatable bonds is 7. The van der Waals surface area contributed by atoms with E-state index >= 15 is 0 Å². The van der Waals surface area contributed by atoms with Gasteiger partial charge >= 0.3 is 12.1 Å². The molecular formula is C26H32F3N5O4. The molecule has 4 rings (SSSR count). The van der Waals surface area contributed by atoms with Crippen LogP contribution in [0.3, 0.4) is 0 Å². The fourth-order valence-corrected chi connectivity index (χ4v) is 5.28. The number of likely N-dealkylation sites (N-methyl/N-ethyl adjacent to an activating group) is 1. The zero-order chi connectivity index (χ0) is 27.8. The molecule has 1 aromatic heterocycles. The topological polar surface area (TPSA) is 128 Å². The van der Waals surface area contributed by atoms with Crippen molar-refractivity contribution in [1.29, 1.82) is 0 Å². The van der Waals surface area contributed by atoms with Crippen LogP contribution >= 0.6 is 0 Å². The molecule has 2 aliphatic carbocycles. The van der Waals surface area contributed by atoms with Crippen LogP contribution in [0.25, 0.3) is 5.69 Å². The number of aromatic nitrogens is 2. The van der Waals surface area contributed by atoms with Crippen LogP contribution in [0.5, 0.6) is 0 Å². The van der Waals surface area contributed by atoms with E-state index < -0.39 is 34.5 Å². The number of esters is 1. The average molecular weight is 536 g/mol. The monoisotopic (exact) mass is 535 g/mol. The number of benzene rings is 1. The molecular weight excluding hydrogens is 503 g/mol. The van der Waals surface area contributed by atoms with E-state index in [2.05, 4.69) is 15.7 Å². The SMILES string of the molecule is CNCC(=O)OC1CCC(Nc2cc(-n3nc(C(F)(F)F)c4c3CC(C)(C)CC4=O)ccc2C(N)=O)CC1. The molecule has 12 heteroatoms. The van der Waals surface area contributed by atoms with Crippen LogP contribution in [0.4, 0.5) is 18.9 Å². The number of nitrogens with zero attached hydrogens (tertiary/aromatic N) is 2. The molecule has 2 aromatic rings. The molecule has 0 spiro atoms. The lowest BCUT2D eigenvalue weighted by molar-refractivity contribution is -0.149. The first kappa shape index (κ1) is 27.6. The minimum absolute atomic E-state index is 0.00483. The van der Waals surface area contributed by atoms with Crippen LogP contribution in [-0.4, -0.2) is 53.2 Å². The Bertz CT molecular complexity index is 1250. The van der Waals surface area contributed by atoms with Gasteiger partial charge in [0.05, 0.1) is 29.1 Å². The van der Waals surface area contributed by atoms with Crippen molar-refractivity contribution in [2.45, 2.75) is 70.7 Å². The molecule has 0 atom stereocenters. The van der Waals surface area contributed by atoms with E-state index in [1.807, 2.05) is 13.8 Å². The number of amides is 1. The highest BCUT2D eigenvalue weighted by Gasteiger charge is 2.45. The van der Waals surface area contributed by atoms with Crippen molar-refractivity contribution in [1.82, 2.24) is 15.1 Å². The number of carbonyl (C=O) groups is 3. The molecule has 4 N–H and O–H groups in total. The number of halogens is 3. The number of anilines is 1. The summed E-state index contributed by atoms with van der Waals surface area (Å²) in [5, 5.41) is 9.89. The lowest BCUT2D eigenvalue weighted by Gasteiger charge is -2.30. The van der Waals surface area contributed by atoms with Crippen molar-refractivity contribution in [3.05, 3.63) is 40.7 Å². The minimum atomic E-state index is -4.80. The van der Waals surface area contributed by atoms with Crippen LogP contribution in [0.2, 0.25) is 0 Å². The maximum absolute atomic E-state index is 13.8. The summed E-state index contributed by atoms with van der Waals surface area (Å²) in [5.41, 5.74) is 4.48. The highest BCUT2D eigenvalue weighted by atomic mass is 19.4. The second kappa shape index (κ2) is 10.4. The summed E-state index contributed by atoms with van der Waals surface area (Å²) in [7, 11) is 1.66. The zero-order valence-corrected chi connectivity index (χ0v) is 21.6. The predicted octanol–water partition coefficient (Wildman–Crippen LogP) is 3.63. The van der Waals surface area contributed by atoms with Gasteiger partial charge in [0.1, 0.15) is 6.10 Å². The molecule has 2 aliphatic rings. The van der Waals surface area contributed by atoms with Gasteiger partial charge in [-0.1, -0.05) is 13.8 Å². The largest absolute Gasteiger partial charge is 0.461 e. The summed E-state index contributed by atoms with van der Waals surface area (Å²) >= 11 is 0. The molecule has 38 heavy (non-hydrogen) atoms. The fourth-order valence-electron chi connectivity index (χ4n) is 5.28. The summed E-state index contributed by atoms with van der Waals surface area (Å²) in [6.45, 7) is 3.78. The van der Waals surface area contributed by atoms with Crippen LogP contribution in [-0.2, 0) is 22.1 Å². The first-order valence-electron chi connectivity index (χ1n) is 12.6. The van der Waals surface area contributed by atoms with E-state index in [1.54, 1.807) is 13.1 Å². The number of carbonyl (C=O) groups excluding carboxylic acids is 3. The molecule has 0 bridgehead atoms. The van der Waals surface area contributed by atoms with Gasteiger partial charge in [-0.15, -0.1) is 0 Å². The van der Waals surface area contributed by atoms with Crippen LogP contribution < -0.4 is 16.4 Å². The Balaban J connectivity index is 1.64. The van der Waals surface area contributed by atoms with Crippen molar-refractivity contribution in [2.75, 3.05) is 18.9 Å². The summed E-state index contributed by atoms with van der Waals surface area (Å²) in [4.78, 5) is 36.7. The highest BCUT2D eigenvalue weighted by Crippen LogP contribution is 2.42. The fraction of sp³-hybridized carbons (Fsp3) is 0.538. The summed E-state index contributed by atoms with van der Waals surface area (Å²) in [5.74, 6) is -1.60. The van der Waals surface area contributed by atoms with Gasteiger partial charge in [-0.3, -0.25) is 14.4 Å². The van der Waals surface area contributed by atoms with Crippen LogP contribution in [0.1, 0.15) is 78.1 Å². The number of primary amides is 1. The second-order valence-electron chi connectivity index (χ2n) is 10.8. The average Bonchev–Trinajstić information content (AvgIpc) is 3.19. The quantitative estimate of drug-likeness (QED) is 0.462. The molecule has 1 heterocycles. The zero-order valence-electron chi connectivity index (χ0n) is 21.6. The minimum Gasteiger partial charge on any atom is -0.461 e. The second-order valence-corrected chi connectivity index (χ2v) is 10.8. The number of hydrogen-bond donors (Lipinski definition) is 3. The Morgan fingerprint density at radius 3 is 2.47 bits per heavy atom. The molecule has 0 saturated heterocycles. The predicted molar refractivity (Wildman–Crippen MR) is 133 cm³/mol. The third-order valence-electron chi connectivity index (χ3n) is 6.98. The molecule has 0 unspecified atom stereocenters. The van der Waals surface area contributed by atoms with Gasteiger partial charge in [0, 0.05) is 18.2 Å². The molecule has 1 amide bonds. The molecule has 1 fully saturated rings. The first-order valence-corrected chi connectivity index (χ1v) is 12.6. The summed E-state index contributed by atoms with van der Waals surface area (Å²) < 4.78 is 48.1. The van der Waals surface area contributed by atoms with Gasteiger partial charge in [0.15, 0.2) is 11.5 Å². The lowest BCUT2D eigenvalue weighted by atomic mass is 9.75. The lowest BCUT2D eigenvalue weighted by Crippen LogP contribution is -2.33. The third kappa shape index (κ3) is 5.85. The standard InChI is InChI=1S/C26H32F3N5O4/c1-25(2)11-19-22(20(35)12-25)23(26(27,28)29)33-34(19)15-6-9-17(24(30)37)18(10-15)32-14-4-7-16(8-5-14)38-21(36)13-31-3/h6,9-10,14,16,31-32H,4-5,7-8,11-13H2,1-3H3,(H2,30,37). The number of fused-ring (bicyclic) bond motifs is 1. The van der Waals surface area contributed by atoms with Crippen LogP contribution in [0.15, 0.2) is 18.2 Å². The van der Waals surface area contributed by atoms with E-state index in [1.165, 1.54) is 12.1 Å². The molecule has 1 aromatic carbocycles. The number of nitrogens with one attached hydrogen (secondary N) is 2. The number of ketones is 1. The van der Waals surface area contributed by atoms with E-state index in [-0.39, 0.29) is 54.4 Å². The number of ether oxygens (including phenoxy) is 1. The number of alkyl halides is 3. The molecule has 0 aliphatic heterocycles. The van der Waals surface area contributed by atoms with Crippen LogP contribution in [0, 0.1) is 5.41 Å². The van der Waals surface area contributed by atoms with Crippen molar-refractivity contribution < 1.29 is 32.3 Å². The van der Waals surface area contributed by atoms with Gasteiger partial charge in [-0.25, -0.2) is 4.68 Å². The molecule has 206 valence electrons. The third-order valence-corrected chi connectivity index (χ3v) is 6.98. The van der Waals surface area contributed by atoms with E-state index in [9.17, 15) is 27.6 Å². The van der Waals surface area contributed by atoms with Gasteiger partial charge in [-0.2, -0.15) is 18.3 Å². The molecule has 1 saturated carbocycles. The van der Waals surface area contributed by atoms with Crippen molar-refractivity contribution >= 4 is 23.3 Å². The maximum atomic E-state index is 13.8. The van der Waals surface area contributed by atoms with Gasteiger partial charge < -0.3 is 21.1 Å². The highest BCUT2D eigenvalue weighted by molar-refractivity contribution is 6.00. The Kier molecular flexibility index (Phi) is 7.55. The Hall–Kier alpha value is -3.41. The maximum Gasteiger partial charge on any atom is 0.435 e. The first-order chi connectivity index (χ1) is 17.8. The van der Waals surface area contributed by atoms with Gasteiger partial charge in [-0.05, 0) is 62.8 Å². The van der Waals surface area contributed by atoms with Crippen molar-refractivity contribution in [3.63, 3.8) is 0 Å². The van der Waals surface area contributed by atoms with Crippen molar-refractivity contribution in [2.24, 2.45) is 11.1 Å². The Morgan fingerprint density at radius 2 is 1.87 bits per heavy atom.